The highest BCUT2D eigenvalue weighted by molar-refractivity contribution is 5.20. The van der Waals surface area contributed by atoms with Gasteiger partial charge in [-0.25, -0.2) is 0 Å². The molecule has 0 unspecified atom stereocenters. The van der Waals surface area contributed by atoms with Crippen LogP contribution in [0.3, 0.4) is 0 Å². The second-order valence-corrected chi connectivity index (χ2v) is 3.05. The fraction of sp³-hybridized carbons (Fsp3) is 0.556. The first-order chi connectivity index (χ1) is 8.39. The Kier molecular flexibility index (Phi) is 5.17. The molecule has 0 amide bonds. The molecule has 0 N–H and O–H groups in total. The minimum atomic E-state index is -5.95. The van der Waals surface area contributed by atoms with Gasteiger partial charge in [-0.3, -0.25) is 0 Å². The van der Waals surface area contributed by atoms with Crippen LogP contribution in [0.5, 0.6) is 0 Å². The minimum Gasteiger partial charge on any atom is -0.374 e. The van der Waals surface area contributed by atoms with Crippen molar-refractivity contribution in [3.8, 4) is 12.0 Å². The fourth-order valence-electron chi connectivity index (χ4n) is 0.681. The Morgan fingerprint density at radius 3 is 1.84 bits per heavy atom. The van der Waals surface area contributed by atoms with Crippen LogP contribution in [0.1, 0.15) is 13.3 Å². The van der Waals surface area contributed by atoms with Crippen LogP contribution in [0, 0.1) is 12.0 Å². The Balaban J connectivity index is 5.15. The van der Waals surface area contributed by atoms with Gasteiger partial charge in [0.1, 0.15) is 6.11 Å². The maximum Gasteiger partial charge on any atom is 0.478 e. The van der Waals surface area contributed by atoms with Crippen LogP contribution in [0.2, 0.25) is 0 Å². The van der Waals surface area contributed by atoms with Crippen molar-refractivity contribution in [3.63, 3.8) is 0 Å². The summed E-state index contributed by atoms with van der Waals surface area (Å²) >= 11 is 0. The van der Waals surface area contributed by atoms with E-state index in [2.05, 4.69) is 4.74 Å². The van der Waals surface area contributed by atoms with Crippen LogP contribution in [0.4, 0.5) is 39.5 Å². The SMILES string of the molecule is CCC(F)(F)C(F)(F)C(F)(F)OC#CC(F)=C(F)F. The van der Waals surface area contributed by atoms with Crippen molar-refractivity contribution in [2.24, 2.45) is 0 Å². The number of hydrogen-bond donors (Lipinski definition) is 0. The Labute approximate surface area is 101 Å². The van der Waals surface area contributed by atoms with E-state index in [1.54, 1.807) is 0 Å². The summed E-state index contributed by atoms with van der Waals surface area (Å²) < 4.78 is 113. The van der Waals surface area contributed by atoms with Crippen LogP contribution >= 0.6 is 0 Å². The molecule has 0 aromatic heterocycles. The quantitative estimate of drug-likeness (QED) is 0.555. The number of halogens is 9. The zero-order valence-corrected chi connectivity index (χ0v) is 9.02. The summed E-state index contributed by atoms with van der Waals surface area (Å²) in [6, 6.07) is 0. The first kappa shape index (κ1) is 17.5. The van der Waals surface area contributed by atoms with Crippen molar-refractivity contribution in [3.05, 3.63) is 11.9 Å². The topological polar surface area (TPSA) is 9.23 Å². The molecule has 0 aromatic carbocycles. The molecule has 0 aliphatic rings. The van der Waals surface area contributed by atoms with E-state index in [1.807, 2.05) is 0 Å². The van der Waals surface area contributed by atoms with E-state index >= 15 is 0 Å². The van der Waals surface area contributed by atoms with Crippen LogP contribution < -0.4 is 0 Å². The molecule has 1 nitrogen and oxygen atoms in total. The summed E-state index contributed by atoms with van der Waals surface area (Å²) in [5.41, 5.74) is 0. The van der Waals surface area contributed by atoms with Gasteiger partial charge in [-0.15, -0.1) is 0 Å². The van der Waals surface area contributed by atoms with E-state index in [4.69, 9.17) is 0 Å². The van der Waals surface area contributed by atoms with E-state index in [9.17, 15) is 39.5 Å². The largest absolute Gasteiger partial charge is 0.478 e. The predicted molar refractivity (Wildman–Crippen MR) is 44.3 cm³/mol. The van der Waals surface area contributed by atoms with Gasteiger partial charge in [-0.2, -0.15) is 39.5 Å². The van der Waals surface area contributed by atoms with Gasteiger partial charge in [0.15, 0.2) is 0 Å². The van der Waals surface area contributed by atoms with Crippen molar-refractivity contribution in [1.29, 1.82) is 0 Å². The molecule has 0 saturated heterocycles. The lowest BCUT2D eigenvalue weighted by Gasteiger charge is -2.29. The highest BCUT2D eigenvalue weighted by Crippen LogP contribution is 2.47. The average molecular weight is 300 g/mol. The van der Waals surface area contributed by atoms with Gasteiger partial charge < -0.3 is 4.74 Å². The summed E-state index contributed by atoms with van der Waals surface area (Å²) in [5.74, 6) is -13.0. The molecule has 110 valence electrons. The zero-order chi connectivity index (χ0) is 15.5. The van der Waals surface area contributed by atoms with Gasteiger partial charge in [0.05, 0.1) is 0 Å². The second kappa shape index (κ2) is 5.63. The average Bonchev–Trinajstić information content (AvgIpc) is 2.27. The molecule has 0 fully saturated rings. The number of allylic oxidation sites excluding steroid dienone is 1. The summed E-state index contributed by atoms with van der Waals surface area (Å²) in [4.78, 5) is 0. The molecular formula is C9H5F9O. The van der Waals surface area contributed by atoms with E-state index in [0.29, 0.717) is 19.0 Å². The molecule has 0 heterocycles. The third-order valence-electron chi connectivity index (χ3n) is 1.77. The lowest BCUT2D eigenvalue weighted by Crippen LogP contribution is -2.54. The molecule has 0 atom stereocenters. The Bertz CT molecular complexity index is 411. The first-order valence-corrected chi connectivity index (χ1v) is 4.42. The number of rotatable bonds is 4. The molecular weight excluding hydrogens is 295 g/mol. The lowest BCUT2D eigenvalue weighted by molar-refractivity contribution is -0.381. The highest BCUT2D eigenvalue weighted by atomic mass is 19.3. The second-order valence-electron chi connectivity index (χ2n) is 3.05. The molecule has 10 heteroatoms. The third-order valence-corrected chi connectivity index (χ3v) is 1.77. The van der Waals surface area contributed by atoms with Crippen molar-refractivity contribution in [2.45, 2.75) is 31.3 Å². The molecule has 0 aliphatic heterocycles. The van der Waals surface area contributed by atoms with Gasteiger partial charge in [0.25, 0.3) is 0 Å². The molecule has 0 radical (unpaired) electrons. The maximum atomic E-state index is 12.7. The van der Waals surface area contributed by atoms with E-state index < -0.39 is 36.3 Å². The van der Waals surface area contributed by atoms with Crippen LogP contribution in [0.15, 0.2) is 11.9 Å². The summed E-state index contributed by atoms with van der Waals surface area (Å²) in [6.07, 6.45) is -9.95. The van der Waals surface area contributed by atoms with Gasteiger partial charge in [-0.1, -0.05) is 6.92 Å². The number of hydrogen-bond acceptors (Lipinski definition) is 1. The van der Waals surface area contributed by atoms with E-state index in [0.717, 1.165) is 0 Å². The van der Waals surface area contributed by atoms with Crippen molar-refractivity contribution < 1.29 is 44.3 Å². The molecule has 0 aliphatic carbocycles. The fourth-order valence-corrected chi connectivity index (χ4v) is 0.681. The number of alkyl halides is 6. The molecule has 19 heavy (non-hydrogen) atoms. The predicted octanol–water partition coefficient (Wildman–Crippen LogP) is 4.31. The lowest BCUT2D eigenvalue weighted by atomic mass is 10.1. The van der Waals surface area contributed by atoms with Gasteiger partial charge in [0, 0.05) is 12.3 Å². The van der Waals surface area contributed by atoms with Gasteiger partial charge in [0.2, 0.25) is 5.83 Å². The van der Waals surface area contributed by atoms with Crippen LogP contribution in [-0.4, -0.2) is 18.0 Å². The molecule has 0 aromatic rings. The molecule has 0 rings (SSSR count). The highest BCUT2D eigenvalue weighted by Gasteiger charge is 2.73. The normalized spacial score (nSPS) is 12.5. The Hall–Kier alpha value is -1.53. The van der Waals surface area contributed by atoms with Gasteiger partial charge >= 0.3 is 24.0 Å². The molecule has 0 saturated carbocycles. The maximum absolute atomic E-state index is 12.7. The molecule has 0 spiro atoms. The van der Waals surface area contributed by atoms with Gasteiger partial charge in [-0.05, 0) is 0 Å². The minimum absolute atomic E-state index is 0.483. The van der Waals surface area contributed by atoms with Crippen molar-refractivity contribution >= 4 is 0 Å². The standard InChI is InChI=1S/C9H5F9O/c1-2-7(13,14)8(15,16)9(17,18)19-4-3-5(10)6(11)12/h2H2,1H3. The van der Waals surface area contributed by atoms with Crippen LogP contribution in [-0.2, 0) is 4.74 Å². The third kappa shape index (κ3) is 3.71. The zero-order valence-electron chi connectivity index (χ0n) is 9.02. The van der Waals surface area contributed by atoms with Crippen molar-refractivity contribution in [2.75, 3.05) is 0 Å². The van der Waals surface area contributed by atoms with E-state index in [1.165, 1.54) is 0 Å². The molecule has 0 bridgehead atoms. The first-order valence-electron chi connectivity index (χ1n) is 4.42. The Morgan fingerprint density at radius 2 is 1.47 bits per heavy atom. The van der Waals surface area contributed by atoms with E-state index in [-0.39, 0.29) is 0 Å². The van der Waals surface area contributed by atoms with Crippen molar-refractivity contribution in [1.82, 2.24) is 0 Å². The number of ether oxygens (including phenoxy) is 1. The smallest absolute Gasteiger partial charge is 0.374 e. The Morgan fingerprint density at radius 1 is 1.00 bits per heavy atom. The summed E-state index contributed by atoms with van der Waals surface area (Å²) in [5, 5.41) is 0. The van der Waals surface area contributed by atoms with Crippen LogP contribution in [0.25, 0.3) is 0 Å². The monoisotopic (exact) mass is 300 g/mol. The summed E-state index contributed by atoms with van der Waals surface area (Å²) in [6.45, 7) is 0.510. The summed E-state index contributed by atoms with van der Waals surface area (Å²) in [7, 11) is 0.